The van der Waals surface area contributed by atoms with Gasteiger partial charge in [-0.05, 0) is 42.0 Å². The van der Waals surface area contributed by atoms with E-state index in [0.717, 1.165) is 33.2 Å². The van der Waals surface area contributed by atoms with Gasteiger partial charge in [0.15, 0.2) is 5.82 Å². The molecule has 0 unspecified atom stereocenters. The number of pyridine rings is 2. The van der Waals surface area contributed by atoms with E-state index in [1.807, 2.05) is 54.6 Å². The van der Waals surface area contributed by atoms with Gasteiger partial charge in [-0.3, -0.25) is 9.97 Å². The Kier molecular flexibility index (Phi) is 5.03. The van der Waals surface area contributed by atoms with E-state index in [0.29, 0.717) is 12.4 Å². The van der Waals surface area contributed by atoms with Gasteiger partial charge < -0.3 is 5.32 Å². The van der Waals surface area contributed by atoms with E-state index < -0.39 is 0 Å². The van der Waals surface area contributed by atoms with E-state index >= 15 is 0 Å². The van der Waals surface area contributed by atoms with Gasteiger partial charge in [0.2, 0.25) is 0 Å². The van der Waals surface area contributed by atoms with Gasteiger partial charge in [0.05, 0.1) is 5.69 Å². The van der Waals surface area contributed by atoms with Crippen molar-refractivity contribution in [3.8, 4) is 22.6 Å². The van der Waals surface area contributed by atoms with Crippen LogP contribution in [0.25, 0.3) is 22.6 Å². The first-order chi connectivity index (χ1) is 13.3. The molecular formula is C21H16ClN5. The Balaban J connectivity index is 1.68. The quantitative estimate of drug-likeness (QED) is 0.541. The second-order valence-electron chi connectivity index (χ2n) is 5.93. The molecule has 0 spiro atoms. The number of benzene rings is 1. The number of nitrogens with one attached hydrogen (secondary N) is 1. The fourth-order valence-electron chi connectivity index (χ4n) is 2.62. The first-order valence-electron chi connectivity index (χ1n) is 8.46. The Morgan fingerprint density at radius 2 is 1.52 bits per heavy atom. The molecule has 1 N–H and O–H groups in total. The van der Waals surface area contributed by atoms with Crippen molar-refractivity contribution in [2.45, 2.75) is 6.54 Å². The second kappa shape index (κ2) is 7.93. The van der Waals surface area contributed by atoms with Gasteiger partial charge in [0.25, 0.3) is 0 Å². The van der Waals surface area contributed by atoms with Crippen molar-refractivity contribution in [3.05, 3.63) is 90.0 Å². The molecule has 0 fully saturated rings. The van der Waals surface area contributed by atoms with Gasteiger partial charge in [0, 0.05) is 53.5 Å². The maximum absolute atomic E-state index is 5.95. The summed E-state index contributed by atoms with van der Waals surface area (Å²) >= 11 is 5.95. The summed E-state index contributed by atoms with van der Waals surface area (Å²) in [5.41, 5.74) is 3.71. The molecule has 5 nitrogen and oxygen atoms in total. The number of nitrogens with zero attached hydrogens (tertiary/aromatic N) is 4. The van der Waals surface area contributed by atoms with Gasteiger partial charge in [-0.1, -0.05) is 23.7 Å². The molecule has 0 saturated carbocycles. The lowest BCUT2D eigenvalue weighted by molar-refractivity contribution is 1.08. The Labute approximate surface area is 162 Å². The summed E-state index contributed by atoms with van der Waals surface area (Å²) in [7, 11) is 0. The van der Waals surface area contributed by atoms with Crippen LogP contribution in [0.4, 0.5) is 5.82 Å². The number of halogens is 1. The summed E-state index contributed by atoms with van der Waals surface area (Å²) in [4.78, 5) is 17.7. The lowest BCUT2D eigenvalue weighted by Crippen LogP contribution is -2.04. The number of hydrogen-bond donors (Lipinski definition) is 1. The minimum absolute atomic E-state index is 0.614. The first kappa shape index (κ1) is 17.1. The maximum atomic E-state index is 5.95. The molecule has 4 rings (SSSR count). The monoisotopic (exact) mass is 373 g/mol. The average molecular weight is 374 g/mol. The standard InChI is InChI=1S/C21H16ClN5/c22-18-7-5-15(6-8-18)12-25-20-11-19(16-3-1-9-23-13-16)26-21(27-20)17-4-2-10-24-14-17/h1-11,13-14H,12H2,(H,25,26,27). The van der Waals surface area contributed by atoms with Crippen LogP contribution in [0.5, 0.6) is 0 Å². The molecule has 0 aliphatic carbocycles. The highest BCUT2D eigenvalue weighted by Gasteiger charge is 2.09. The fourth-order valence-corrected chi connectivity index (χ4v) is 2.74. The van der Waals surface area contributed by atoms with Crippen LogP contribution in [0.2, 0.25) is 5.02 Å². The van der Waals surface area contributed by atoms with Crippen molar-refractivity contribution in [1.29, 1.82) is 0 Å². The molecule has 3 heterocycles. The summed E-state index contributed by atoms with van der Waals surface area (Å²) in [6.45, 7) is 0.632. The zero-order valence-electron chi connectivity index (χ0n) is 14.4. The Hall–Kier alpha value is -3.31. The van der Waals surface area contributed by atoms with Crippen molar-refractivity contribution in [3.63, 3.8) is 0 Å². The van der Waals surface area contributed by atoms with Gasteiger partial charge in [-0.25, -0.2) is 9.97 Å². The van der Waals surface area contributed by atoms with E-state index in [4.69, 9.17) is 16.6 Å². The topological polar surface area (TPSA) is 63.6 Å². The molecule has 6 heteroatoms. The highest BCUT2D eigenvalue weighted by Crippen LogP contribution is 2.24. The molecule has 132 valence electrons. The molecule has 1 aromatic carbocycles. The summed E-state index contributed by atoms with van der Waals surface area (Å²) < 4.78 is 0. The van der Waals surface area contributed by atoms with Crippen LogP contribution < -0.4 is 5.32 Å². The largest absolute Gasteiger partial charge is 0.366 e. The molecule has 0 saturated heterocycles. The van der Waals surface area contributed by atoms with Crippen molar-refractivity contribution < 1.29 is 0 Å². The normalized spacial score (nSPS) is 10.6. The van der Waals surface area contributed by atoms with E-state index in [9.17, 15) is 0 Å². The highest BCUT2D eigenvalue weighted by atomic mass is 35.5. The summed E-state index contributed by atoms with van der Waals surface area (Å²) in [6, 6.07) is 17.3. The van der Waals surface area contributed by atoms with Crippen LogP contribution in [-0.2, 0) is 6.54 Å². The van der Waals surface area contributed by atoms with Crippen molar-refractivity contribution in [2.75, 3.05) is 5.32 Å². The van der Waals surface area contributed by atoms with Crippen LogP contribution in [0.1, 0.15) is 5.56 Å². The number of anilines is 1. The summed E-state index contributed by atoms with van der Waals surface area (Å²) in [5, 5.41) is 4.09. The van der Waals surface area contributed by atoms with E-state index in [2.05, 4.69) is 20.3 Å². The zero-order valence-corrected chi connectivity index (χ0v) is 15.1. The lowest BCUT2D eigenvalue weighted by Gasteiger charge is -2.10. The molecular weight excluding hydrogens is 358 g/mol. The van der Waals surface area contributed by atoms with Crippen molar-refractivity contribution in [1.82, 2.24) is 19.9 Å². The summed E-state index contributed by atoms with van der Waals surface area (Å²) in [5.74, 6) is 1.35. The maximum Gasteiger partial charge on any atom is 0.163 e. The lowest BCUT2D eigenvalue weighted by atomic mass is 10.2. The van der Waals surface area contributed by atoms with Crippen LogP contribution >= 0.6 is 11.6 Å². The predicted octanol–water partition coefficient (Wildman–Crippen LogP) is 4.87. The van der Waals surface area contributed by atoms with E-state index in [1.54, 1.807) is 24.8 Å². The molecule has 0 amide bonds. The second-order valence-corrected chi connectivity index (χ2v) is 6.36. The Morgan fingerprint density at radius 3 is 2.19 bits per heavy atom. The highest BCUT2D eigenvalue weighted by molar-refractivity contribution is 6.30. The third-order valence-electron chi connectivity index (χ3n) is 3.99. The van der Waals surface area contributed by atoms with Gasteiger partial charge in [0.1, 0.15) is 5.82 Å². The summed E-state index contributed by atoms with van der Waals surface area (Å²) in [6.07, 6.45) is 7.02. The Bertz CT molecular complexity index is 964. The third kappa shape index (κ3) is 4.27. The van der Waals surface area contributed by atoms with Gasteiger partial charge in [-0.15, -0.1) is 0 Å². The van der Waals surface area contributed by atoms with Gasteiger partial charge in [-0.2, -0.15) is 0 Å². The van der Waals surface area contributed by atoms with Crippen molar-refractivity contribution in [2.24, 2.45) is 0 Å². The molecule has 0 atom stereocenters. The van der Waals surface area contributed by atoms with Crippen LogP contribution in [0.15, 0.2) is 79.4 Å². The predicted molar refractivity (Wildman–Crippen MR) is 107 cm³/mol. The molecule has 4 aromatic rings. The third-order valence-corrected chi connectivity index (χ3v) is 4.24. The smallest absolute Gasteiger partial charge is 0.163 e. The number of hydrogen-bond acceptors (Lipinski definition) is 5. The van der Waals surface area contributed by atoms with Crippen molar-refractivity contribution >= 4 is 17.4 Å². The first-order valence-corrected chi connectivity index (χ1v) is 8.84. The van der Waals surface area contributed by atoms with Crippen LogP contribution in [-0.4, -0.2) is 19.9 Å². The SMILES string of the molecule is Clc1ccc(CNc2cc(-c3cccnc3)nc(-c3cccnc3)n2)cc1. The van der Waals surface area contributed by atoms with E-state index in [-0.39, 0.29) is 0 Å². The molecule has 0 aliphatic rings. The van der Waals surface area contributed by atoms with Crippen LogP contribution in [0.3, 0.4) is 0 Å². The average Bonchev–Trinajstić information content (AvgIpc) is 2.74. The zero-order chi connectivity index (χ0) is 18.5. The number of aromatic nitrogens is 4. The molecule has 0 radical (unpaired) electrons. The molecule has 27 heavy (non-hydrogen) atoms. The Morgan fingerprint density at radius 1 is 0.815 bits per heavy atom. The minimum Gasteiger partial charge on any atom is -0.366 e. The molecule has 0 bridgehead atoms. The number of rotatable bonds is 5. The fraction of sp³-hybridized carbons (Fsp3) is 0.0476. The van der Waals surface area contributed by atoms with E-state index in [1.165, 1.54) is 0 Å². The van der Waals surface area contributed by atoms with Gasteiger partial charge >= 0.3 is 0 Å². The van der Waals surface area contributed by atoms with Crippen LogP contribution in [0, 0.1) is 0 Å². The molecule has 3 aromatic heterocycles. The molecule has 0 aliphatic heterocycles. The minimum atomic E-state index is 0.614.